The molecule has 2 heterocycles. The number of amides is 2. The van der Waals surface area contributed by atoms with Crippen molar-refractivity contribution in [2.45, 2.75) is 70.6 Å². The van der Waals surface area contributed by atoms with Crippen LogP contribution in [0.3, 0.4) is 0 Å². The molecule has 2 aliphatic rings. The SMILES string of the molecule is CC(C)N1CC[C@@H](Nc2cnn(CC(=O)NC3CCCC3)c2)C1=O. The molecule has 1 aliphatic heterocycles. The van der Waals surface area contributed by atoms with Crippen LogP contribution in [0.25, 0.3) is 0 Å². The van der Waals surface area contributed by atoms with E-state index in [0.29, 0.717) is 6.04 Å². The van der Waals surface area contributed by atoms with Crippen molar-refractivity contribution < 1.29 is 9.59 Å². The Kier molecular flexibility index (Phi) is 5.06. The summed E-state index contributed by atoms with van der Waals surface area (Å²) in [7, 11) is 0. The molecule has 2 N–H and O–H groups in total. The summed E-state index contributed by atoms with van der Waals surface area (Å²) in [4.78, 5) is 26.2. The lowest BCUT2D eigenvalue weighted by Gasteiger charge is -2.21. The lowest BCUT2D eigenvalue weighted by Crippen LogP contribution is -2.37. The van der Waals surface area contributed by atoms with E-state index in [1.54, 1.807) is 17.1 Å². The van der Waals surface area contributed by atoms with Gasteiger partial charge in [0.05, 0.1) is 11.9 Å². The summed E-state index contributed by atoms with van der Waals surface area (Å²) in [5, 5.41) is 10.5. The number of carbonyl (C=O) groups excluding carboxylic acids is 2. The standard InChI is InChI=1S/C17H27N5O2/c1-12(2)22-8-7-15(17(22)24)19-14-9-18-21(10-14)11-16(23)20-13-5-3-4-6-13/h9-10,12-13,15,19H,3-8,11H2,1-2H3,(H,20,23)/t15-/m1/s1. The zero-order chi connectivity index (χ0) is 17.1. The minimum absolute atomic E-state index is 0.000485. The van der Waals surface area contributed by atoms with Crippen LogP contribution in [0.2, 0.25) is 0 Å². The zero-order valence-corrected chi connectivity index (χ0v) is 14.5. The molecule has 1 aromatic heterocycles. The lowest BCUT2D eigenvalue weighted by molar-refractivity contribution is -0.129. The average Bonchev–Trinajstić information content (AvgIpc) is 3.23. The second-order valence-electron chi connectivity index (χ2n) is 7.09. The lowest BCUT2D eigenvalue weighted by atomic mass is 10.2. The number of rotatable bonds is 6. The van der Waals surface area contributed by atoms with E-state index in [4.69, 9.17) is 0 Å². The molecule has 1 aromatic rings. The fourth-order valence-electron chi connectivity index (χ4n) is 3.56. The molecule has 1 saturated heterocycles. The Labute approximate surface area is 142 Å². The van der Waals surface area contributed by atoms with Gasteiger partial charge in [-0.05, 0) is 33.1 Å². The van der Waals surface area contributed by atoms with Crippen LogP contribution in [0.5, 0.6) is 0 Å². The summed E-state index contributed by atoms with van der Waals surface area (Å²) in [5.41, 5.74) is 0.785. The van der Waals surface area contributed by atoms with Crippen molar-refractivity contribution in [3.05, 3.63) is 12.4 Å². The number of nitrogens with one attached hydrogen (secondary N) is 2. The molecule has 0 aromatic carbocycles. The normalized spacial score (nSPS) is 21.7. The zero-order valence-electron chi connectivity index (χ0n) is 14.5. The summed E-state index contributed by atoms with van der Waals surface area (Å²) in [6, 6.07) is 0.354. The number of likely N-dealkylation sites (tertiary alicyclic amines) is 1. The second-order valence-corrected chi connectivity index (χ2v) is 7.09. The number of anilines is 1. The largest absolute Gasteiger partial charge is 0.371 e. The van der Waals surface area contributed by atoms with Crippen molar-refractivity contribution in [2.75, 3.05) is 11.9 Å². The molecule has 0 bridgehead atoms. The molecular weight excluding hydrogens is 306 g/mol. The van der Waals surface area contributed by atoms with E-state index in [2.05, 4.69) is 15.7 Å². The highest BCUT2D eigenvalue weighted by atomic mass is 16.2. The van der Waals surface area contributed by atoms with Crippen molar-refractivity contribution in [3.8, 4) is 0 Å². The Hall–Kier alpha value is -2.05. The maximum atomic E-state index is 12.3. The van der Waals surface area contributed by atoms with E-state index in [1.165, 1.54) is 12.8 Å². The third kappa shape index (κ3) is 3.88. The van der Waals surface area contributed by atoms with E-state index >= 15 is 0 Å². The predicted octanol–water partition coefficient (Wildman–Crippen LogP) is 1.36. The van der Waals surface area contributed by atoms with Gasteiger partial charge in [-0.3, -0.25) is 14.3 Å². The third-order valence-electron chi connectivity index (χ3n) is 4.86. The predicted molar refractivity (Wildman–Crippen MR) is 91.5 cm³/mol. The molecule has 1 saturated carbocycles. The van der Waals surface area contributed by atoms with Crippen molar-refractivity contribution in [3.63, 3.8) is 0 Å². The van der Waals surface area contributed by atoms with Gasteiger partial charge in [0.1, 0.15) is 12.6 Å². The molecule has 2 fully saturated rings. The van der Waals surface area contributed by atoms with Crippen LogP contribution in [-0.4, -0.2) is 51.2 Å². The van der Waals surface area contributed by atoms with Crippen LogP contribution in [-0.2, 0) is 16.1 Å². The summed E-state index contributed by atoms with van der Waals surface area (Å²) in [5.74, 6) is 0.135. The highest BCUT2D eigenvalue weighted by Crippen LogP contribution is 2.19. The Morgan fingerprint density at radius 3 is 2.75 bits per heavy atom. The van der Waals surface area contributed by atoms with Crippen molar-refractivity contribution in [2.24, 2.45) is 0 Å². The van der Waals surface area contributed by atoms with Crippen LogP contribution in [0.4, 0.5) is 5.69 Å². The molecule has 0 radical (unpaired) electrons. The van der Waals surface area contributed by atoms with E-state index in [-0.39, 0.29) is 30.4 Å². The Morgan fingerprint density at radius 1 is 1.33 bits per heavy atom. The van der Waals surface area contributed by atoms with Crippen molar-refractivity contribution >= 4 is 17.5 Å². The topological polar surface area (TPSA) is 79.3 Å². The summed E-state index contributed by atoms with van der Waals surface area (Å²) in [6.07, 6.45) is 8.81. The first kappa shape index (κ1) is 16.8. The molecule has 1 aliphatic carbocycles. The molecule has 0 unspecified atom stereocenters. The smallest absolute Gasteiger partial charge is 0.245 e. The van der Waals surface area contributed by atoms with Gasteiger partial charge in [0, 0.05) is 24.8 Å². The molecule has 132 valence electrons. The van der Waals surface area contributed by atoms with E-state index in [1.807, 2.05) is 18.7 Å². The van der Waals surface area contributed by atoms with Crippen LogP contribution in [0, 0.1) is 0 Å². The third-order valence-corrected chi connectivity index (χ3v) is 4.86. The van der Waals surface area contributed by atoms with Gasteiger partial charge in [0.15, 0.2) is 0 Å². The number of carbonyl (C=O) groups is 2. The number of hydrogen-bond acceptors (Lipinski definition) is 4. The number of aromatic nitrogens is 2. The Morgan fingerprint density at radius 2 is 2.08 bits per heavy atom. The first-order valence-corrected chi connectivity index (χ1v) is 8.92. The molecule has 7 heteroatoms. The maximum Gasteiger partial charge on any atom is 0.245 e. The molecule has 24 heavy (non-hydrogen) atoms. The summed E-state index contributed by atoms with van der Waals surface area (Å²) < 4.78 is 1.62. The van der Waals surface area contributed by atoms with Gasteiger partial charge < -0.3 is 15.5 Å². The van der Waals surface area contributed by atoms with Gasteiger partial charge in [0.2, 0.25) is 11.8 Å². The number of hydrogen-bond donors (Lipinski definition) is 2. The molecule has 0 spiro atoms. The van der Waals surface area contributed by atoms with Crippen LogP contribution in [0.1, 0.15) is 46.0 Å². The van der Waals surface area contributed by atoms with E-state index < -0.39 is 0 Å². The Balaban J connectivity index is 1.50. The van der Waals surface area contributed by atoms with Gasteiger partial charge in [0.25, 0.3) is 0 Å². The van der Waals surface area contributed by atoms with Gasteiger partial charge in [-0.2, -0.15) is 5.10 Å². The van der Waals surface area contributed by atoms with Crippen LogP contribution >= 0.6 is 0 Å². The highest BCUT2D eigenvalue weighted by Gasteiger charge is 2.33. The van der Waals surface area contributed by atoms with Crippen LogP contribution < -0.4 is 10.6 Å². The maximum absolute atomic E-state index is 12.3. The fraction of sp³-hybridized carbons (Fsp3) is 0.706. The molecule has 2 amide bonds. The van der Waals surface area contributed by atoms with Gasteiger partial charge in [-0.25, -0.2) is 0 Å². The molecule has 3 rings (SSSR count). The quantitative estimate of drug-likeness (QED) is 0.824. The second kappa shape index (κ2) is 7.23. The summed E-state index contributed by atoms with van der Waals surface area (Å²) >= 11 is 0. The number of nitrogens with zero attached hydrogens (tertiary/aromatic N) is 3. The molecule has 1 atom stereocenters. The van der Waals surface area contributed by atoms with Gasteiger partial charge >= 0.3 is 0 Å². The van der Waals surface area contributed by atoms with Crippen molar-refractivity contribution in [1.29, 1.82) is 0 Å². The first-order valence-electron chi connectivity index (χ1n) is 8.92. The molecule has 7 nitrogen and oxygen atoms in total. The summed E-state index contributed by atoms with van der Waals surface area (Å²) in [6.45, 7) is 5.06. The van der Waals surface area contributed by atoms with E-state index in [0.717, 1.165) is 31.5 Å². The first-order chi connectivity index (χ1) is 11.5. The average molecular weight is 333 g/mol. The Bertz CT molecular complexity index is 592. The fourth-order valence-corrected chi connectivity index (χ4v) is 3.56. The monoisotopic (exact) mass is 333 g/mol. The van der Waals surface area contributed by atoms with Gasteiger partial charge in [-0.15, -0.1) is 0 Å². The van der Waals surface area contributed by atoms with Crippen molar-refractivity contribution in [1.82, 2.24) is 20.0 Å². The highest BCUT2D eigenvalue weighted by molar-refractivity contribution is 5.86. The van der Waals surface area contributed by atoms with Crippen LogP contribution in [0.15, 0.2) is 12.4 Å². The van der Waals surface area contributed by atoms with Gasteiger partial charge in [-0.1, -0.05) is 12.8 Å². The minimum atomic E-state index is -0.197. The minimum Gasteiger partial charge on any atom is -0.371 e. The van der Waals surface area contributed by atoms with E-state index in [9.17, 15) is 9.59 Å². The molecular formula is C17H27N5O2.